The normalized spacial score (nSPS) is 33.1. The first kappa shape index (κ1) is 13.8. The number of rotatable bonds is 4. The van der Waals surface area contributed by atoms with E-state index >= 15 is 0 Å². The maximum absolute atomic E-state index is 11.8. The van der Waals surface area contributed by atoms with Gasteiger partial charge in [0.15, 0.2) is 0 Å². The predicted molar refractivity (Wildman–Crippen MR) is 71.2 cm³/mol. The van der Waals surface area contributed by atoms with E-state index in [1.54, 1.807) is 0 Å². The Balaban J connectivity index is 1.59. The van der Waals surface area contributed by atoms with E-state index in [9.17, 15) is 4.79 Å². The van der Waals surface area contributed by atoms with Crippen molar-refractivity contribution in [2.45, 2.75) is 63.5 Å². The van der Waals surface area contributed by atoms with Gasteiger partial charge in [-0.25, -0.2) is 0 Å². The summed E-state index contributed by atoms with van der Waals surface area (Å²) in [7, 11) is 0. The summed E-state index contributed by atoms with van der Waals surface area (Å²) in [5.74, 6) is 0.724. The Morgan fingerprint density at radius 3 is 2.61 bits per heavy atom. The zero-order valence-corrected chi connectivity index (χ0v) is 11.2. The summed E-state index contributed by atoms with van der Waals surface area (Å²) < 4.78 is 5.60. The molecule has 1 atom stereocenters. The maximum atomic E-state index is 11.8. The van der Waals surface area contributed by atoms with E-state index < -0.39 is 0 Å². The van der Waals surface area contributed by atoms with Crippen LogP contribution < -0.4 is 11.1 Å². The molecular weight excluding hydrogens is 228 g/mol. The molecule has 0 bridgehead atoms. The van der Waals surface area contributed by atoms with E-state index in [4.69, 9.17) is 10.5 Å². The molecule has 0 aromatic rings. The Bertz CT molecular complexity index is 257. The number of amides is 1. The fourth-order valence-corrected chi connectivity index (χ4v) is 2.92. The number of carbonyl (C=O) groups excluding carboxylic acids is 1. The van der Waals surface area contributed by atoms with Crippen LogP contribution in [0, 0.1) is 5.92 Å². The molecule has 1 saturated carbocycles. The molecule has 3 N–H and O–H groups in total. The van der Waals surface area contributed by atoms with Gasteiger partial charge < -0.3 is 15.8 Å². The molecule has 4 heteroatoms. The van der Waals surface area contributed by atoms with Gasteiger partial charge in [0.2, 0.25) is 5.91 Å². The predicted octanol–water partition coefficient (Wildman–Crippen LogP) is 1.58. The SMILES string of the molecule is NC1CCC(CC(=O)NCC2CCCCO2)CC1. The lowest BCUT2D eigenvalue weighted by Crippen LogP contribution is -2.37. The quantitative estimate of drug-likeness (QED) is 0.800. The van der Waals surface area contributed by atoms with E-state index in [0.29, 0.717) is 24.9 Å². The number of ether oxygens (including phenoxy) is 1. The number of hydrogen-bond acceptors (Lipinski definition) is 3. The summed E-state index contributed by atoms with van der Waals surface area (Å²) >= 11 is 0. The van der Waals surface area contributed by atoms with Crippen molar-refractivity contribution in [1.82, 2.24) is 5.32 Å². The minimum Gasteiger partial charge on any atom is -0.376 e. The van der Waals surface area contributed by atoms with Gasteiger partial charge >= 0.3 is 0 Å². The molecule has 104 valence electrons. The van der Waals surface area contributed by atoms with Crippen LogP contribution in [0.3, 0.4) is 0 Å². The second-order valence-electron chi connectivity index (χ2n) is 5.78. The van der Waals surface area contributed by atoms with Crippen LogP contribution in [0.1, 0.15) is 51.4 Å². The first-order valence-corrected chi connectivity index (χ1v) is 7.38. The molecule has 1 aliphatic carbocycles. The number of nitrogens with two attached hydrogens (primary N) is 1. The highest BCUT2D eigenvalue weighted by Crippen LogP contribution is 2.25. The van der Waals surface area contributed by atoms with Crippen molar-refractivity contribution in [2.75, 3.05) is 13.2 Å². The van der Waals surface area contributed by atoms with Crippen molar-refractivity contribution in [1.29, 1.82) is 0 Å². The van der Waals surface area contributed by atoms with Crippen molar-refractivity contribution >= 4 is 5.91 Å². The lowest BCUT2D eigenvalue weighted by atomic mass is 9.84. The molecule has 1 unspecified atom stereocenters. The third-order valence-electron chi connectivity index (χ3n) is 4.17. The van der Waals surface area contributed by atoms with Crippen LogP contribution in [0.15, 0.2) is 0 Å². The van der Waals surface area contributed by atoms with Crippen molar-refractivity contribution in [3.63, 3.8) is 0 Å². The van der Waals surface area contributed by atoms with E-state index in [2.05, 4.69) is 5.32 Å². The summed E-state index contributed by atoms with van der Waals surface area (Å²) in [5, 5.41) is 3.02. The van der Waals surface area contributed by atoms with Crippen LogP contribution in [-0.4, -0.2) is 31.2 Å². The number of nitrogens with one attached hydrogen (secondary N) is 1. The molecular formula is C14H26N2O2. The van der Waals surface area contributed by atoms with Gasteiger partial charge in [-0.05, 0) is 50.9 Å². The van der Waals surface area contributed by atoms with Gasteiger partial charge in [-0.1, -0.05) is 0 Å². The van der Waals surface area contributed by atoms with Gasteiger partial charge in [0, 0.05) is 25.6 Å². The van der Waals surface area contributed by atoms with Gasteiger partial charge in [-0.3, -0.25) is 4.79 Å². The van der Waals surface area contributed by atoms with E-state index in [1.807, 2.05) is 0 Å². The molecule has 1 heterocycles. The second kappa shape index (κ2) is 7.10. The van der Waals surface area contributed by atoms with Gasteiger partial charge in [0.25, 0.3) is 0 Å². The second-order valence-corrected chi connectivity index (χ2v) is 5.78. The van der Waals surface area contributed by atoms with Crippen LogP contribution in [0.2, 0.25) is 0 Å². The molecule has 1 aliphatic heterocycles. The Labute approximate surface area is 110 Å². The molecule has 1 amide bonds. The monoisotopic (exact) mass is 254 g/mol. The van der Waals surface area contributed by atoms with Crippen LogP contribution in [-0.2, 0) is 9.53 Å². The van der Waals surface area contributed by atoms with Crippen LogP contribution >= 0.6 is 0 Å². The van der Waals surface area contributed by atoms with E-state index in [-0.39, 0.29) is 12.0 Å². The van der Waals surface area contributed by atoms with E-state index in [1.165, 1.54) is 6.42 Å². The molecule has 1 saturated heterocycles. The molecule has 0 aromatic carbocycles. The lowest BCUT2D eigenvalue weighted by Gasteiger charge is -2.26. The fourth-order valence-electron chi connectivity index (χ4n) is 2.92. The smallest absolute Gasteiger partial charge is 0.220 e. The van der Waals surface area contributed by atoms with Gasteiger partial charge in [-0.2, -0.15) is 0 Å². The molecule has 0 spiro atoms. The maximum Gasteiger partial charge on any atom is 0.220 e. The van der Waals surface area contributed by atoms with Gasteiger partial charge in [-0.15, -0.1) is 0 Å². The highest BCUT2D eigenvalue weighted by atomic mass is 16.5. The Kier molecular flexibility index (Phi) is 5.45. The molecule has 18 heavy (non-hydrogen) atoms. The third-order valence-corrected chi connectivity index (χ3v) is 4.17. The Hall–Kier alpha value is -0.610. The molecule has 4 nitrogen and oxygen atoms in total. The van der Waals surface area contributed by atoms with Crippen LogP contribution in [0.5, 0.6) is 0 Å². The van der Waals surface area contributed by atoms with Crippen LogP contribution in [0.25, 0.3) is 0 Å². The van der Waals surface area contributed by atoms with Crippen molar-refractivity contribution in [2.24, 2.45) is 11.7 Å². The lowest BCUT2D eigenvalue weighted by molar-refractivity contribution is -0.123. The fraction of sp³-hybridized carbons (Fsp3) is 0.929. The highest BCUT2D eigenvalue weighted by molar-refractivity contribution is 5.76. The molecule has 2 rings (SSSR count). The number of carbonyl (C=O) groups is 1. The van der Waals surface area contributed by atoms with Crippen molar-refractivity contribution in [3.05, 3.63) is 0 Å². The average molecular weight is 254 g/mol. The third kappa shape index (κ3) is 4.58. The summed E-state index contributed by atoms with van der Waals surface area (Å²) in [6.45, 7) is 1.53. The zero-order valence-electron chi connectivity index (χ0n) is 11.2. The molecule has 2 fully saturated rings. The summed E-state index contributed by atoms with van der Waals surface area (Å²) in [4.78, 5) is 11.8. The van der Waals surface area contributed by atoms with Gasteiger partial charge in [0.05, 0.1) is 6.10 Å². The van der Waals surface area contributed by atoms with Gasteiger partial charge in [0.1, 0.15) is 0 Å². The van der Waals surface area contributed by atoms with Crippen molar-refractivity contribution < 1.29 is 9.53 Å². The Morgan fingerprint density at radius 2 is 1.94 bits per heavy atom. The first-order chi connectivity index (χ1) is 8.74. The highest BCUT2D eigenvalue weighted by Gasteiger charge is 2.21. The summed E-state index contributed by atoms with van der Waals surface area (Å²) in [6.07, 6.45) is 8.73. The largest absolute Gasteiger partial charge is 0.376 e. The summed E-state index contributed by atoms with van der Waals surface area (Å²) in [5.41, 5.74) is 5.87. The first-order valence-electron chi connectivity index (χ1n) is 7.38. The van der Waals surface area contributed by atoms with Crippen LogP contribution in [0.4, 0.5) is 0 Å². The minimum atomic E-state index is 0.185. The summed E-state index contributed by atoms with van der Waals surface area (Å²) in [6, 6.07) is 0.361. The molecule has 0 radical (unpaired) electrons. The molecule has 2 aliphatic rings. The minimum absolute atomic E-state index is 0.185. The topological polar surface area (TPSA) is 64.4 Å². The zero-order chi connectivity index (χ0) is 12.8. The number of hydrogen-bond donors (Lipinski definition) is 2. The average Bonchev–Trinajstić information content (AvgIpc) is 2.40. The Morgan fingerprint density at radius 1 is 1.17 bits per heavy atom. The standard InChI is InChI=1S/C14H26N2O2/c15-12-6-4-11(5-7-12)9-14(17)16-10-13-3-1-2-8-18-13/h11-13H,1-10,15H2,(H,16,17). The molecule has 0 aromatic heterocycles. The van der Waals surface area contributed by atoms with Crippen molar-refractivity contribution in [3.8, 4) is 0 Å². The van der Waals surface area contributed by atoms with E-state index in [0.717, 1.165) is 45.1 Å².